The number of methoxy groups -OCH3 is 1. The zero-order chi connectivity index (χ0) is 17.2. The van der Waals surface area contributed by atoms with Crippen molar-refractivity contribution in [3.8, 4) is 0 Å². The Kier molecular flexibility index (Phi) is 4.40. The minimum atomic E-state index is -0.0150. The average Bonchev–Trinajstić information content (AvgIpc) is 3.24. The maximum atomic E-state index is 12.7. The lowest BCUT2D eigenvalue weighted by atomic mass is 10.1. The number of ether oxygens (including phenoxy) is 1. The molecular formula is C18H23N5O2. The van der Waals surface area contributed by atoms with E-state index in [1.807, 2.05) is 15.6 Å². The van der Waals surface area contributed by atoms with Crippen molar-refractivity contribution in [2.24, 2.45) is 0 Å². The van der Waals surface area contributed by atoms with Crippen LogP contribution < -0.4 is 5.32 Å². The topological polar surface area (TPSA) is 72.3 Å². The smallest absolute Gasteiger partial charge is 0.318 e. The van der Waals surface area contributed by atoms with Gasteiger partial charge in [0.15, 0.2) is 0 Å². The first-order valence-corrected chi connectivity index (χ1v) is 8.79. The zero-order valence-corrected chi connectivity index (χ0v) is 14.4. The number of nitrogens with one attached hydrogen (secondary N) is 1. The summed E-state index contributed by atoms with van der Waals surface area (Å²) < 4.78 is 7.00. The number of carbonyl (C=O) groups excluding carboxylic acids is 1. The number of fused-ring (bicyclic) bond motifs is 2. The molecule has 0 radical (unpaired) electrons. The molecule has 7 nitrogen and oxygen atoms in total. The SMILES string of the molecule is COCCn1nnc2c1CCN(C(=O)N[C@H]1CCc3ccccc31)C2. The van der Waals surface area contributed by atoms with Crippen LogP contribution in [-0.2, 0) is 30.7 Å². The van der Waals surface area contributed by atoms with Gasteiger partial charge < -0.3 is 15.0 Å². The Balaban J connectivity index is 1.40. The first kappa shape index (κ1) is 16.1. The number of urea groups is 1. The van der Waals surface area contributed by atoms with E-state index in [-0.39, 0.29) is 12.1 Å². The third kappa shape index (κ3) is 3.11. The Morgan fingerprint density at radius 3 is 3.12 bits per heavy atom. The van der Waals surface area contributed by atoms with Crippen LogP contribution in [0, 0.1) is 0 Å². The number of amides is 2. The summed E-state index contributed by atoms with van der Waals surface area (Å²) in [6, 6.07) is 8.45. The van der Waals surface area contributed by atoms with Gasteiger partial charge in [-0.3, -0.25) is 0 Å². The Hall–Kier alpha value is -2.41. The van der Waals surface area contributed by atoms with Gasteiger partial charge in [0.2, 0.25) is 0 Å². The minimum Gasteiger partial charge on any atom is -0.383 e. The third-order valence-corrected chi connectivity index (χ3v) is 5.10. The molecule has 0 saturated heterocycles. The molecule has 1 aromatic carbocycles. The van der Waals surface area contributed by atoms with Crippen molar-refractivity contribution >= 4 is 6.03 Å². The van der Waals surface area contributed by atoms with Crippen LogP contribution in [0.15, 0.2) is 24.3 Å². The number of rotatable bonds is 4. The summed E-state index contributed by atoms with van der Waals surface area (Å²) in [6.07, 6.45) is 2.77. The van der Waals surface area contributed by atoms with Gasteiger partial charge >= 0.3 is 6.03 Å². The van der Waals surface area contributed by atoms with Gasteiger partial charge in [0.25, 0.3) is 0 Å². The quantitative estimate of drug-likeness (QED) is 0.918. The second-order valence-corrected chi connectivity index (χ2v) is 6.61. The maximum absolute atomic E-state index is 12.7. The summed E-state index contributed by atoms with van der Waals surface area (Å²) in [7, 11) is 1.68. The van der Waals surface area contributed by atoms with Crippen molar-refractivity contribution < 1.29 is 9.53 Å². The van der Waals surface area contributed by atoms with Gasteiger partial charge in [0.05, 0.1) is 31.4 Å². The first-order valence-electron chi connectivity index (χ1n) is 8.79. The molecular weight excluding hydrogens is 318 g/mol. The number of carbonyl (C=O) groups is 1. The van der Waals surface area contributed by atoms with Gasteiger partial charge in [0.1, 0.15) is 5.69 Å². The van der Waals surface area contributed by atoms with Crippen LogP contribution >= 0.6 is 0 Å². The van der Waals surface area contributed by atoms with Gasteiger partial charge in [-0.1, -0.05) is 29.5 Å². The molecule has 4 rings (SSSR count). The van der Waals surface area contributed by atoms with Crippen LogP contribution in [0.1, 0.15) is 35.0 Å². The molecule has 0 unspecified atom stereocenters. The lowest BCUT2D eigenvalue weighted by Crippen LogP contribution is -2.44. The molecule has 1 atom stereocenters. The Bertz CT molecular complexity index is 773. The summed E-state index contributed by atoms with van der Waals surface area (Å²) in [5.74, 6) is 0. The molecule has 1 N–H and O–H groups in total. The number of hydrogen-bond donors (Lipinski definition) is 1. The molecule has 0 saturated carbocycles. The van der Waals surface area contributed by atoms with E-state index in [1.54, 1.807) is 7.11 Å². The fourth-order valence-corrected chi connectivity index (χ4v) is 3.74. The second-order valence-electron chi connectivity index (χ2n) is 6.61. The van der Waals surface area contributed by atoms with E-state index >= 15 is 0 Å². The molecule has 1 aliphatic carbocycles. The predicted octanol–water partition coefficient (Wildman–Crippen LogP) is 1.68. The fourth-order valence-electron chi connectivity index (χ4n) is 3.74. The predicted molar refractivity (Wildman–Crippen MR) is 92.0 cm³/mol. The summed E-state index contributed by atoms with van der Waals surface area (Å²) in [4.78, 5) is 14.5. The molecule has 0 spiro atoms. The van der Waals surface area contributed by atoms with E-state index in [2.05, 4.69) is 33.8 Å². The highest BCUT2D eigenvalue weighted by Gasteiger charge is 2.29. The van der Waals surface area contributed by atoms with Gasteiger partial charge in [0, 0.05) is 20.1 Å². The van der Waals surface area contributed by atoms with E-state index < -0.39 is 0 Å². The lowest BCUT2D eigenvalue weighted by Gasteiger charge is -2.28. The Labute approximate surface area is 147 Å². The molecule has 0 fully saturated rings. The van der Waals surface area contributed by atoms with Crippen molar-refractivity contribution in [3.63, 3.8) is 0 Å². The first-order chi connectivity index (χ1) is 12.3. The Morgan fingerprint density at radius 2 is 2.24 bits per heavy atom. The standard InChI is InChI=1S/C18H23N5O2/c1-25-11-10-23-17-8-9-22(12-16(17)20-21-23)18(24)19-15-7-6-13-4-2-3-5-14(13)15/h2-5,15H,6-12H2,1H3,(H,19,24)/t15-/m0/s1. The zero-order valence-electron chi connectivity index (χ0n) is 14.4. The lowest BCUT2D eigenvalue weighted by molar-refractivity contribution is 0.178. The van der Waals surface area contributed by atoms with Crippen LogP contribution in [0.25, 0.3) is 0 Å². The van der Waals surface area contributed by atoms with Crippen LogP contribution in [0.4, 0.5) is 4.79 Å². The van der Waals surface area contributed by atoms with Crippen LogP contribution in [-0.4, -0.2) is 46.2 Å². The van der Waals surface area contributed by atoms with E-state index in [0.717, 1.165) is 30.7 Å². The highest BCUT2D eigenvalue weighted by Crippen LogP contribution is 2.31. The van der Waals surface area contributed by atoms with Crippen LogP contribution in [0.3, 0.4) is 0 Å². The number of aryl methyl sites for hydroxylation is 1. The number of nitrogens with zero attached hydrogens (tertiary/aromatic N) is 4. The van der Waals surface area contributed by atoms with Crippen molar-refractivity contribution in [1.82, 2.24) is 25.2 Å². The molecule has 2 amide bonds. The highest BCUT2D eigenvalue weighted by atomic mass is 16.5. The van der Waals surface area contributed by atoms with Gasteiger partial charge in [-0.2, -0.15) is 0 Å². The number of benzene rings is 1. The van der Waals surface area contributed by atoms with Crippen molar-refractivity contribution in [3.05, 3.63) is 46.8 Å². The number of hydrogen-bond acceptors (Lipinski definition) is 4. The van der Waals surface area contributed by atoms with Crippen molar-refractivity contribution in [2.45, 2.75) is 38.4 Å². The van der Waals surface area contributed by atoms with E-state index in [9.17, 15) is 4.79 Å². The monoisotopic (exact) mass is 341 g/mol. The molecule has 25 heavy (non-hydrogen) atoms. The highest BCUT2D eigenvalue weighted by molar-refractivity contribution is 5.75. The van der Waals surface area contributed by atoms with E-state index in [0.29, 0.717) is 26.2 Å². The van der Waals surface area contributed by atoms with Gasteiger partial charge in [-0.05, 0) is 24.0 Å². The van der Waals surface area contributed by atoms with E-state index in [4.69, 9.17) is 4.74 Å². The van der Waals surface area contributed by atoms with Crippen molar-refractivity contribution in [2.75, 3.05) is 20.3 Å². The van der Waals surface area contributed by atoms with Crippen LogP contribution in [0.2, 0.25) is 0 Å². The molecule has 132 valence electrons. The molecule has 1 aliphatic heterocycles. The maximum Gasteiger partial charge on any atom is 0.318 e. The summed E-state index contributed by atoms with van der Waals surface area (Å²) in [6.45, 7) is 2.51. The molecule has 7 heteroatoms. The Morgan fingerprint density at radius 1 is 1.36 bits per heavy atom. The van der Waals surface area contributed by atoms with Crippen LogP contribution in [0.5, 0.6) is 0 Å². The second kappa shape index (κ2) is 6.84. The average molecular weight is 341 g/mol. The summed E-state index contributed by atoms with van der Waals surface area (Å²) >= 11 is 0. The summed E-state index contributed by atoms with van der Waals surface area (Å²) in [5, 5.41) is 11.6. The largest absolute Gasteiger partial charge is 0.383 e. The molecule has 2 aromatic rings. The fraction of sp³-hybridized carbons (Fsp3) is 0.500. The number of aromatic nitrogens is 3. The molecule has 2 heterocycles. The van der Waals surface area contributed by atoms with E-state index in [1.165, 1.54) is 11.1 Å². The minimum absolute atomic E-state index is 0.0150. The molecule has 1 aromatic heterocycles. The summed E-state index contributed by atoms with van der Waals surface area (Å²) in [5.41, 5.74) is 4.60. The van der Waals surface area contributed by atoms with Crippen molar-refractivity contribution in [1.29, 1.82) is 0 Å². The van der Waals surface area contributed by atoms with Gasteiger partial charge in [-0.15, -0.1) is 5.10 Å². The molecule has 0 bridgehead atoms. The molecule has 2 aliphatic rings. The third-order valence-electron chi connectivity index (χ3n) is 5.10. The van der Waals surface area contributed by atoms with Gasteiger partial charge in [-0.25, -0.2) is 9.48 Å². The normalized spacial score (nSPS) is 18.8.